The van der Waals surface area contributed by atoms with Crippen LogP contribution in [0.1, 0.15) is 66.7 Å². The molecule has 3 aromatic carbocycles. The Morgan fingerprint density at radius 3 is 2.43 bits per heavy atom. The van der Waals surface area contributed by atoms with E-state index in [0.717, 1.165) is 16.8 Å². The molecule has 1 heterocycles. The molecule has 182 valence electrons. The normalized spacial score (nSPS) is 18.3. The van der Waals surface area contributed by atoms with Gasteiger partial charge >= 0.3 is 0 Å². The van der Waals surface area contributed by atoms with Crippen molar-refractivity contribution in [3.63, 3.8) is 0 Å². The molecule has 0 bridgehead atoms. The third-order valence-corrected chi connectivity index (χ3v) is 6.79. The monoisotopic (exact) mass is 472 g/mol. The lowest BCUT2D eigenvalue weighted by atomic mass is 9.83. The molecule has 1 fully saturated rings. The molecule has 4 rings (SSSR count). The number of likely N-dealkylation sites (tertiary alicyclic amines) is 1. The number of hydrogen-bond donors (Lipinski definition) is 1. The highest BCUT2D eigenvalue weighted by Gasteiger charge is 2.40. The van der Waals surface area contributed by atoms with Crippen LogP contribution in [0.4, 0.5) is 10.1 Å². The molecule has 2 amide bonds. The Bertz CT molecular complexity index is 1230. The summed E-state index contributed by atoms with van der Waals surface area (Å²) in [5.41, 5.74) is 3.91. The molecule has 5 heteroatoms. The van der Waals surface area contributed by atoms with Crippen molar-refractivity contribution in [2.75, 3.05) is 11.9 Å². The molecule has 1 aliphatic rings. The zero-order valence-corrected chi connectivity index (χ0v) is 20.8. The van der Waals surface area contributed by atoms with E-state index >= 15 is 0 Å². The number of aryl methyl sites for hydroxylation is 1. The van der Waals surface area contributed by atoms with E-state index in [0.29, 0.717) is 30.5 Å². The third-order valence-electron chi connectivity index (χ3n) is 6.79. The first-order chi connectivity index (χ1) is 16.6. The predicted octanol–water partition coefficient (Wildman–Crippen LogP) is 6.66. The van der Waals surface area contributed by atoms with Crippen LogP contribution in [0.5, 0.6) is 0 Å². The lowest BCUT2D eigenvalue weighted by Gasteiger charge is -2.41. The van der Waals surface area contributed by atoms with E-state index in [-0.39, 0.29) is 23.0 Å². The van der Waals surface area contributed by atoms with Gasteiger partial charge in [0.1, 0.15) is 5.82 Å². The van der Waals surface area contributed by atoms with Gasteiger partial charge in [-0.05, 0) is 72.2 Å². The standard InChI is InChI=1S/C30H33FN2O2/c1-20-10-5-6-15-25(20)29(35)33-17-9-16-26(27(33)21-11-7-13-23(31)18-21)28(34)32-24-14-8-12-22(19-24)30(2,3)4/h5-8,10-15,18-19,26-27H,9,16-17H2,1-4H3,(H,32,34)/t26-,27-/m1/s1. The van der Waals surface area contributed by atoms with Gasteiger partial charge in [0.15, 0.2) is 0 Å². The molecule has 1 saturated heterocycles. The molecule has 0 unspecified atom stereocenters. The number of piperidine rings is 1. The maximum absolute atomic E-state index is 14.3. The number of halogens is 1. The summed E-state index contributed by atoms with van der Waals surface area (Å²) in [6, 6.07) is 21.0. The van der Waals surface area contributed by atoms with E-state index in [2.05, 4.69) is 32.2 Å². The third kappa shape index (κ3) is 5.45. The molecule has 0 radical (unpaired) electrons. The van der Waals surface area contributed by atoms with Gasteiger partial charge in [0, 0.05) is 17.8 Å². The number of nitrogens with zero attached hydrogens (tertiary/aromatic N) is 1. The Morgan fingerprint density at radius 1 is 0.971 bits per heavy atom. The number of anilines is 1. The summed E-state index contributed by atoms with van der Waals surface area (Å²) in [6.07, 6.45) is 1.31. The maximum atomic E-state index is 14.3. The minimum atomic E-state index is -0.558. The second kappa shape index (κ2) is 10.0. The molecule has 2 atom stereocenters. The molecule has 3 aromatic rings. The topological polar surface area (TPSA) is 49.4 Å². The lowest BCUT2D eigenvalue weighted by molar-refractivity contribution is -0.123. The minimum Gasteiger partial charge on any atom is -0.331 e. The molecule has 0 aliphatic carbocycles. The highest BCUT2D eigenvalue weighted by Crippen LogP contribution is 2.38. The van der Waals surface area contributed by atoms with E-state index in [4.69, 9.17) is 0 Å². The van der Waals surface area contributed by atoms with Gasteiger partial charge in [0.2, 0.25) is 5.91 Å². The van der Waals surface area contributed by atoms with Crippen molar-refractivity contribution in [3.8, 4) is 0 Å². The van der Waals surface area contributed by atoms with Gasteiger partial charge in [-0.2, -0.15) is 0 Å². The van der Waals surface area contributed by atoms with E-state index in [1.165, 1.54) is 12.1 Å². The van der Waals surface area contributed by atoms with Crippen molar-refractivity contribution in [2.45, 2.75) is 52.0 Å². The summed E-state index contributed by atoms with van der Waals surface area (Å²) < 4.78 is 14.3. The number of carbonyl (C=O) groups excluding carboxylic acids is 2. The second-order valence-corrected chi connectivity index (χ2v) is 10.4. The molecule has 0 spiro atoms. The average Bonchev–Trinajstić information content (AvgIpc) is 2.83. The maximum Gasteiger partial charge on any atom is 0.254 e. The molecule has 1 aliphatic heterocycles. The zero-order valence-electron chi connectivity index (χ0n) is 20.8. The Morgan fingerprint density at radius 2 is 1.71 bits per heavy atom. The average molecular weight is 473 g/mol. The number of amides is 2. The fourth-order valence-corrected chi connectivity index (χ4v) is 4.87. The number of rotatable bonds is 4. The SMILES string of the molecule is Cc1ccccc1C(=O)N1CCC[C@@H](C(=O)Nc2cccc(C(C)(C)C)c2)[C@H]1c1cccc(F)c1. The smallest absolute Gasteiger partial charge is 0.254 e. The van der Waals surface area contributed by atoms with Crippen molar-refractivity contribution in [3.05, 3.63) is 101 Å². The van der Waals surface area contributed by atoms with Gasteiger partial charge in [-0.3, -0.25) is 9.59 Å². The molecule has 4 nitrogen and oxygen atoms in total. The molecule has 0 saturated carbocycles. The van der Waals surface area contributed by atoms with Gasteiger partial charge in [0.05, 0.1) is 12.0 Å². The highest BCUT2D eigenvalue weighted by molar-refractivity contribution is 5.98. The van der Waals surface area contributed by atoms with E-state index < -0.39 is 12.0 Å². The van der Waals surface area contributed by atoms with Crippen LogP contribution in [0, 0.1) is 18.7 Å². The summed E-state index contributed by atoms with van der Waals surface area (Å²) in [5.74, 6) is -1.18. The van der Waals surface area contributed by atoms with Crippen LogP contribution in [0.15, 0.2) is 72.8 Å². The summed E-state index contributed by atoms with van der Waals surface area (Å²) in [6.45, 7) is 8.80. The first kappa shape index (κ1) is 24.6. The number of hydrogen-bond acceptors (Lipinski definition) is 2. The van der Waals surface area contributed by atoms with Crippen LogP contribution in [-0.4, -0.2) is 23.3 Å². The van der Waals surface area contributed by atoms with E-state index in [1.807, 2.05) is 49.4 Å². The number of benzene rings is 3. The van der Waals surface area contributed by atoms with Gasteiger partial charge in [-0.1, -0.05) is 63.2 Å². The van der Waals surface area contributed by atoms with Crippen molar-refractivity contribution in [2.24, 2.45) is 5.92 Å². The van der Waals surface area contributed by atoms with Crippen LogP contribution in [0.2, 0.25) is 0 Å². The first-order valence-electron chi connectivity index (χ1n) is 12.2. The first-order valence-corrected chi connectivity index (χ1v) is 12.2. The Labute approximate surface area is 207 Å². The summed E-state index contributed by atoms with van der Waals surface area (Å²) in [4.78, 5) is 29.0. The second-order valence-electron chi connectivity index (χ2n) is 10.4. The summed E-state index contributed by atoms with van der Waals surface area (Å²) in [5, 5.41) is 3.08. The van der Waals surface area contributed by atoms with Gasteiger partial charge < -0.3 is 10.2 Å². The Kier molecular flexibility index (Phi) is 7.06. The number of nitrogens with one attached hydrogen (secondary N) is 1. The minimum absolute atomic E-state index is 0.0492. The highest BCUT2D eigenvalue weighted by atomic mass is 19.1. The predicted molar refractivity (Wildman–Crippen MR) is 138 cm³/mol. The van der Waals surface area contributed by atoms with E-state index in [9.17, 15) is 14.0 Å². The van der Waals surface area contributed by atoms with Crippen molar-refractivity contribution in [1.82, 2.24) is 4.90 Å². The van der Waals surface area contributed by atoms with Crippen molar-refractivity contribution < 1.29 is 14.0 Å². The lowest BCUT2D eigenvalue weighted by Crippen LogP contribution is -2.46. The molecular weight excluding hydrogens is 439 g/mol. The van der Waals surface area contributed by atoms with Gasteiger partial charge in [-0.25, -0.2) is 4.39 Å². The molecule has 35 heavy (non-hydrogen) atoms. The Balaban J connectivity index is 1.69. The van der Waals surface area contributed by atoms with Crippen LogP contribution in [0.3, 0.4) is 0 Å². The van der Waals surface area contributed by atoms with Crippen LogP contribution < -0.4 is 5.32 Å². The fraction of sp³-hybridized carbons (Fsp3) is 0.333. The number of carbonyl (C=O) groups is 2. The van der Waals surface area contributed by atoms with Crippen molar-refractivity contribution >= 4 is 17.5 Å². The van der Waals surface area contributed by atoms with Gasteiger partial charge in [0.25, 0.3) is 5.91 Å². The molecule has 1 N–H and O–H groups in total. The fourth-order valence-electron chi connectivity index (χ4n) is 4.87. The van der Waals surface area contributed by atoms with Crippen LogP contribution in [0.25, 0.3) is 0 Å². The van der Waals surface area contributed by atoms with E-state index in [1.54, 1.807) is 17.0 Å². The van der Waals surface area contributed by atoms with Crippen molar-refractivity contribution in [1.29, 1.82) is 0 Å². The molecule has 0 aromatic heterocycles. The Hall–Kier alpha value is -3.47. The van der Waals surface area contributed by atoms with Crippen LogP contribution >= 0.6 is 0 Å². The zero-order chi connectivity index (χ0) is 25.2. The van der Waals surface area contributed by atoms with Crippen LogP contribution in [-0.2, 0) is 10.2 Å². The van der Waals surface area contributed by atoms with Gasteiger partial charge in [-0.15, -0.1) is 0 Å². The molecular formula is C30H33FN2O2. The quantitative estimate of drug-likeness (QED) is 0.461. The summed E-state index contributed by atoms with van der Waals surface area (Å²) >= 11 is 0. The largest absolute Gasteiger partial charge is 0.331 e. The summed E-state index contributed by atoms with van der Waals surface area (Å²) in [7, 11) is 0.